The molecule has 0 saturated heterocycles. The largest absolute Gasteiger partial charge is 0.287 e. The molecule has 0 aliphatic carbocycles. The lowest BCUT2D eigenvalue weighted by atomic mass is 10.1. The summed E-state index contributed by atoms with van der Waals surface area (Å²) in [5.74, 6) is 1.95. The Balaban J connectivity index is 2.16. The molecule has 84 valence electrons. The average Bonchev–Trinajstić information content (AvgIpc) is 2.68. The molecule has 1 aliphatic heterocycles. The molecule has 0 bridgehead atoms. The van der Waals surface area contributed by atoms with E-state index in [1.165, 1.54) is 12.8 Å². The third-order valence-corrected chi connectivity index (χ3v) is 2.80. The lowest BCUT2D eigenvalue weighted by molar-refractivity contribution is 0.568. The van der Waals surface area contributed by atoms with Gasteiger partial charge in [0.05, 0.1) is 5.69 Å². The Labute approximate surface area is 95.7 Å². The Morgan fingerprint density at radius 2 is 2.12 bits per heavy atom. The molecule has 16 heavy (non-hydrogen) atoms. The van der Waals surface area contributed by atoms with Gasteiger partial charge >= 0.3 is 0 Å². The summed E-state index contributed by atoms with van der Waals surface area (Å²) >= 11 is 0. The molecular formula is C13H16N2O. The van der Waals surface area contributed by atoms with Crippen LogP contribution in [0.15, 0.2) is 24.3 Å². The molecule has 0 atom stereocenters. The SMILES string of the molecule is CCCCCN1NC(=C=O)c2ccccc21. The Morgan fingerprint density at radius 1 is 1.31 bits per heavy atom. The van der Waals surface area contributed by atoms with E-state index in [-0.39, 0.29) is 0 Å². The number of para-hydroxylation sites is 1. The first-order chi connectivity index (χ1) is 7.86. The molecule has 1 heterocycles. The van der Waals surface area contributed by atoms with E-state index in [4.69, 9.17) is 0 Å². The van der Waals surface area contributed by atoms with Crippen molar-refractivity contribution in [3.05, 3.63) is 29.8 Å². The molecule has 0 spiro atoms. The second-order valence-corrected chi connectivity index (χ2v) is 3.96. The number of hydrogen-bond acceptors (Lipinski definition) is 3. The van der Waals surface area contributed by atoms with Crippen LogP contribution in [0, 0.1) is 0 Å². The molecule has 1 aromatic rings. The van der Waals surface area contributed by atoms with E-state index in [2.05, 4.69) is 12.3 Å². The summed E-state index contributed by atoms with van der Waals surface area (Å²) in [4.78, 5) is 10.8. The van der Waals surface area contributed by atoms with Crippen molar-refractivity contribution in [3.8, 4) is 0 Å². The Morgan fingerprint density at radius 3 is 2.88 bits per heavy atom. The fraction of sp³-hybridized carbons (Fsp3) is 0.385. The first-order valence-corrected chi connectivity index (χ1v) is 5.75. The second-order valence-electron chi connectivity index (χ2n) is 3.96. The van der Waals surface area contributed by atoms with Crippen LogP contribution in [0.1, 0.15) is 31.7 Å². The summed E-state index contributed by atoms with van der Waals surface area (Å²) in [5.41, 5.74) is 5.67. The minimum atomic E-state index is 0.548. The maximum absolute atomic E-state index is 10.8. The molecule has 0 fully saturated rings. The van der Waals surface area contributed by atoms with Crippen molar-refractivity contribution in [2.24, 2.45) is 0 Å². The molecule has 1 aromatic carbocycles. The van der Waals surface area contributed by atoms with E-state index in [0.717, 1.165) is 24.2 Å². The molecular weight excluding hydrogens is 200 g/mol. The van der Waals surface area contributed by atoms with Crippen molar-refractivity contribution >= 4 is 17.3 Å². The number of nitrogens with zero attached hydrogens (tertiary/aromatic N) is 1. The molecule has 3 heteroatoms. The molecule has 0 radical (unpaired) electrons. The maximum atomic E-state index is 10.8. The predicted molar refractivity (Wildman–Crippen MR) is 65.5 cm³/mol. The van der Waals surface area contributed by atoms with Crippen molar-refractivity contribution in [3.63, 3.8) is 0 Å². The average molecular weight is 216 g/mol. The number of rotatable bonds is 4. The summed E-state index contributed by atoms with van der Waals surface area (Å²) in [6.45, 7) is 3.11. The summed E-state index contributed by atoms with van der Waals surface area (Å²) in [6.07, 6.45) is 3.54. The number of benzene rings is 1. The molecule has 0 aromatic heterocycles. The van der Waals surface area contributed by atoms with Gasteiger partial charge in [-0.05, 0) is 18.6 Å². The van der Waals surface area contributed by atoms with Crippen LogP contribution in [0.3, 0.4) is 0 Å². The molecule has 2 rings (SSSR count). The summed E-state index contributed by atoms with van der Waals surface area (Å²) in [5, 5.41) is 2.03. The molecule has 1 N–H and O–H groups in total. The number of hydrogen-bond donors (Lipinski definition) is 1. The van der Waals surface area contributed by atoms with Crippen LogP contribution in [0.5, 0.6) is 0 Å². The molecule has 1 aliphatic rings. The van der Waals surface area contributed by atoms with Gasteiger partial charge in [-0.25, -0.2) is 4.79 Å². The van der Waals surface area contributed by atoms with Crippen molar-refractivity contribution in [1.82, 2.24) is 5.43 Å². The van der Waals surface area contributed by atoms with Gasteiger partial charge in [0.25, 0.3) is 0 Å². The van der Waals surface area contributed by atoms with Crippen LogP contribution < -0.4 is 10.4 Å². The third-order valence-electron chi connectivity index (χ3n) is 2.80. The highest BCUT2D eigenvalue weighted by molar-refractivity contribution is 5.95. The van der Waals surface area contributed by atoms with Crippen molar-refractivity contribution < 1.29 is 4.79 Å². The van der Waals surface area contributed by atoms with Crippen LogP contribution >= 0.6 is 0 Å². The van der Waals surface area contributed by atoms with Gasteiger partial charge in [-0.15, -0.1) is 0 Å². The Bertz CT molecular complexity index is 422. The van der Waals surface area contributed by atoms with Crippen LogP contribution in [0.2, 0.25) is 0 Å². The quantitative estimate of drug-likeness (QED) is 0.619. The number of nitrogens with one attached hydrogen (secondary N) is 1. The van der Waals surface area contributed by atoms with Gasteiger partial charge in [-0.2, -0.15) is 0 Å². The number of fused-ring (bicyclic) bond motifs is 1. The maximum Gasteiger partial charge on any atom is 0.152 e. The highest BCUT2D eigenvalue weighted by Gasteiger charge is 2.22. The van der Waals surface area contributed by atoms with Crippen LogP contribution in [0.4, 0.5) is 5.69 Å². The summed E-state index contributed by atoms with van der Waals surface area (Å²) in [7, 11) is 0. The predicted octanol–water partition coefficient (Wildman–Crippen LogP) is 2.37. The van der Waals surface area contributed by atoms with E-state index in [1.807, 2.05) is 35.2 Å². The molecule has 3 nitrogen and oxygen atoms in total. The summed E-state index contributed by atoms with van der Waals surface area (Å²) in [6, 6.07) is 7.90. The minimum Gasteiger partial charge on any atom is -0.287 e. The van der Waals surface area contributed by atoms with Gasteiger partial charge in [0.15, 0.2) is 5.94 Å². The number of anilines is 1. The van der Waals surface area contributed by atoms with Gasteiger partial charge in [0.2, 0.25) is 0 Å². The standard InChI is InChI=1S/C13H16N2O/c1-2-3-6-9-15-13-8-5-4-7-11(13)12(10-16)14-15/h4-5,7-8,14H,2-3,6,9H2,1H3. The van der Waals surface area contributed by atoms with Crippen LogP contribution in [0.25, 0.3) is 5.70 Å². The number of unbranched alkanes of at least 4 members (excludes halogenated alkanes) is 2. The molecule has 0 amide bonds. The normalized spacial score (nSPS) is 13.3. The van der Waals surface area contributed by atoms with E-state index < -0.39 is 0 Å². The Kier molecular flexibility index (Phi) is 3.28. The van der Waals surface area contributed by atoms with Crippen molar-refractivity contribution in [2.75, 3.05) is 11.6 Å². The van der Waals surface area contributed by atoms with E-state index in [0.29, 0.717) is 5.70 Å². The fourth-order valence-corrected chi connectivity index (χ4v) is 1.95. The van der Waals surface area contributed by atoms with E-state index in [9.17, 15) is 4.79 Å². The fourth-order valence-electron chi connectivity index (χ4n) is 1.95. The van der Waals surface area contributed by atoms with Gasteiger partial charge < -0.3 is 0 Å². The zero-order valence-electron chi connectivity index (χ0n) is 9.49. The zero-order valence-corrected chi connectivity index (χ0v) is 9.49. The highest BCUT2D eigenvalue weighted by Crippen LogP contribution is 2.30. The lowest BCUT2D eigenvalue weighted by Crippen LogP contribution is -2.32. The van der Waals surface area contributed by atoms with E-state index >= 15 is 0 Å². The monoisotopic (exact) mass is 216 g/mol. The van der Waals surface area contributed by atoms with Crippen molar-refractivity contribution in [2.45, 2.75) is 26.2 Å². The topological polar surface area (TPSA) is 32.3 Å². The number of carbonyl (C=O) groups excluding carboxylic acids is 1. The van der Waals surface area contributed by atoms with Gasteiger partial charge in [-0.1, -0.05) is 31.9 Å². The van der Waals surface area contributed by atoms with Crippen LogP contribution in [-0.4, -0.2) is 12.5 Å². The highest BCUT2D eigenvalue weighted by atomic mass is 16.1. The minimum absolute atomic E-state index is 0.548. The van der Waals surface area contributed by atoms with Crippen molar-refractivity contribution in [1.29, 1.82) is 0 Å². The van der Waals surface area contributed by atoms with Gasteiger partial charge in [0, 0.05) is 12.1 Å². The summed E-state index contributed by atoms with van der Waals surface area (Å²) < 4.78 is 0. The van der Waals surface area contributed by atoms with Gasteiger partial charge in [-0.3, -0.25) is 10.4 Å². The third kappa shape index (κ3) is 1.95. The van der Waals surface area contributed by atoms with Crippen LogP contribution in [-0.2, 0) is 4.79 Å². The zero-order chi connectivity index (χ0) is 11.4. The second kappa shape index (κ2) is 4.86. The first kappa shape index (κ1) is 10.8. The Hall–Kier alpha value is -1.73. The lowest BCUT2D eigenvalue weighted by Gasteiger charge is -2.18. The first-order valence-electron chi connectivity index (χ1n) is 5.75. The number of hydrazine groups is 1. The molecule has 0 unspecified atom stereocenters. The van der Waals surface area contributed by atoms with Gasteiger partial charge in [0.1, 0.15) is 5.70 Å². The molecule has 0 saturated carbocycles. The smallest absolute Gasteiger partial charge is 0.152 e. The van der Waals surface area contributed by atoms with E-state index in [1.54, 1.807) is 0 Å².